The zero-order valence-corrected chi connectivity index (χ0v) is 8.21. The fourth-order valence-corrected chi connectivity index (χ4v) is 1.32. The Hall–Kier alpha value is -2.26. The zero-order chi connectivity index (χ0) is 12.3. The van der Waals surface area contributed by atoms with Gasteiger partial charge in [0.05, 0.1) is 11.5 Å². The van der Waals surface area contributed by atoms with Gasteiger partial charge >= 0.3 is 5.97 Å². The lowest BCUT2D eigenvalue weighted by Crippen LogP contribution is -2.21. The first-order valence-corrected chi connectivity index (χ1v) is 4.40. The third kappa shape index (κ3) is 2.04. The Labute approximate surface area is 91.2 Å². The van der Waals surface area contributed by atoms with E-state index >= 15 is 0 Å². The SMILES string of the molecule is N#Cc1cc(C(CN)C(=O)O)c(O)cc1O. The van der Waals surface area contributed by atoms with Gasteiger partial charge in [-0.25, -0.2) is 0 Å². The number of nitriles is 1. The summed E-state index contributed by atoms with van der Waals surface area (Å²) in [5, 5.41) is 36.2. The van der Waals surface area contributed by atoms with Crippen molar-refractivity contribution in [3.8, 4) is 17.6 Å². The molecule has 16 heavy (non-hydrogen) atoms. The Bertz CT molecular complexity index is 465. The molecule has 0 saturated heterocycles. The summed E-state index contributed by atoms with van der Waals surface area (Å²) in [6.07, 6.45) is 0. The van der Waals surface area contributed by atoms with E-state index in [1.54, 1.807) is 6.07 Å². The van der Waals surface area contributed by atoms with E-state index in [0.717, 1.165) is 12.1 Å². The van der Waals surface area contributed by atoms with Crippen molar-refractivity contribution in [1.82, 2.24) is 0 Å². The van der Waals surface area contributed by atoms with Crippen LogP contribution in [0.5, 0.6) is 11.5 Å². The summed E-state index contributed by atoms with van der Waals surface area (Å²) in [5.41, 5.74) is 5.18. The van der Waals surface area contributed by atoms with Crippen molar-refractivity contribution in [2.75, 3.05) is 6.54 Å². The highest BCUT2D eigenvalue weighted by Crippen LogP contribution is 2.31. The summed E-state index contributed by atoms with van der Waals surface area (Å²) in [7, 11) is 0. The molecule has 84 valence electrons. The van der Waals surface area contributed by atoms with Gasteiger partial charge in [-0.2, -0.15) is 5.26 Å². The van der Waals surface area contributed by atoms with Crippen molar-refractivity contribution in [1.29, 1.82) is 5.26 Å². The van der Waals surface area contributed by atoms with Gasteiger partial charge in [-0.3, -0.25) is 4.79 Å². The van der Waals surface area contributed by atoms with Crippen LogP contribution in [-0.4, -0.2) is 27.8 Å². The van der Waals surface area contributed by atoms with Crippen molar-refractivity contribution in [3.63, 3.8) is 0 Å². The van der Waals surface area contributed by atoms with Crippen LogP contribution in [0.2, 0.25) is 0 Å². The zero-order valence-electron chi connectivity index (χ0n) is 8.21. The average Bonchev–Trinajstić information content (AvgIpc) is 2.21. The van der Waals surface area contributed by atoms with Crippen molar-refractivity contribution >= 4 is 5.97 Å². The van der Waals surface area contributed by atoms with E-state index in [1.807, 2.05) is 0 Å². The molecular weight excluding hydrogens is 212 g/mol. The summed E-state index contributed by atoms with van der Waals surface area (Å²) in [5.74, 6) is -3.10. The third-order valence-corrected chi connectivity index (χ3v) is 2.17. The Morgan fingerprint density at radius 3 is 2.50 bits per heavy atom. The third-order valence-electron chi connectivity index (χ3n) is 2.17. The Morgan fingerprint density at radius 1 is 1.44 bits per heavy atom. The number of rotatable bonds is 3. The van der Waals surface area contributed by atoms with Gasteiger partial charge in [0.25, 0.3) is 0 Å². The fourth-order valence-electron chi connectivity index (χ4n) is 1.32. The van der Waals surface area contributed by atoms with Gasteiger partial charge in [0.15, 0.2) is 0 Å². The van der Waals surface area contributed by atoms with Gasteiger partial charge in [0.1, 0.15) is 17.6 Å². The monoisotopic (exact) mass is 222 g/mol. The number of nitrogens with zero attached hydrogens (tertiary/aromatic N) is 1. The largest absolute Gasteiger partial charge is 0.508 e. The second-order valence-electron chi connectivity index (χ2n) is 3.17. The van der Waals surface area contributed by atoms with E-state index in [1.165, 1.54) is 0 Å². The maximum absolute atomic E-state index is 10.8. The Balaban J connectivity index is 3.34. The number of aromatic hydroxyl groups is 2. The summed E-state index contributed by atoms with van der Waals surface area (Å²) < 4.78 is 0. The van der Waals surface area contributed by atoms with E-state index < -0.39 is 23.4 Å². The Morgan fingerprint density at radius 2 is 2.06 bits per heavy atom. The smallest absolute Gasteiger partial charge is 0.312 e. The highest BCUT2D eigenvalue weighted by atomic mass is 16.4. The molecule has 0 fully saturated rings. The first-order valence-electron chi connectivity index (χ1n) is 4.40. The molecule has 1 atom stereocenters. The normalized spacial score (nSPS) is 11.8. The number of phenolic OH excluding ortho intramolecular Hbond substituents is 2. The minimum absolute atomic E-state index is 0.0179. The second kappa shape index (κ2) is 4.51. The van der Waals surface area contributed by atoms with Crippen LogP contribution in [0.3, 0.4) is 0 Å². The molecule has 6 heteroatoms. The maximum Gasteiger partial charge on any atom is 0.312 e. The van der Waals surface area contributed by atoms with Crippen LogP contribution in [0.1, 0.15) is 17.0 Å². The molecule has 0 radical (unpaired) electrons. The van der Waals surface area contributed by atoms with Crippen LogP contribution < -0.4 is 5.73 Å². The van der Waals surface area contributed by atoms with E-state index in [2.05, 4.69) is 0 Å². The van der Waals surface area contributed by atoms with Gasteiger partial charge in [-0.05, 0) is 6.07 Å². The van der Waals surface area contributed by atoms with E-state index in [-0.39, 0.29) is 17.7 Å². The minimum atomic E-state index is -1.20. The highest BCUT2D eigenvalue weighted by molar-refractivity contribution is 5.78. The molecule has 0 saturated carbocycles. The molecule has 0 aliphatic carbocycles. The molecule has 1 aromatic rings. The highest BCUT2D eigenvalue weighted by Gasteiger charge is 2.23. The Kier molecular flexibility index (Phi) is 3.33. The topological polar surface area (TPSA) is 128 Å². The predicted molar refractivity (Wildman–Crippen MR) is 53.9 cm³/mol. The van der Waals surface area contributed by atoms with E-state index in [4.69, 9.17) is 16.1 Å². The molecule has 0 spiro atoms. The molecule has 0 amide bonds. The molecular formula is C10H10N2O4. The van der Waals surface area contributed by atoms with Gasteiger partial charge in [-0.1, -0.05) is 0 Å². The lowest BCUT2D eigenvalue weighted by atomic mass is 9.96. The van der Waals surface area contributed by atoms with Crippen molar-refractivity contribution < 1.29 is 20.1 Å². The number of aliphatic carboxylic acids is 1. The number of benzene rings is 1. The molecule has 1 rings (SSSR count). The van der Waals surface area contributed by atoms with Gasteiger partial charge in [0, 0.05) is 18.2 Å². The summed E-state index contributed by atoms with van der Waals surface area (Å²) in [4.78, 5) is 10.8. The number of carboxylic acids is 1. The second-order valence-corrected chi connectivity index (χ2v) is 3.17. The molecule has 0 aromatic heterocycles. The molecule has 0 bridgehead atoms. The summed E-state index contributed by atoms with van der Waals surface area (Å²) >= 11 is 0. The number of phenols is 2. The van der Waals surface area contributed by atoms with Crippen LogP contribution in [0.15, 0.2) is 12.1 Å². The average molecular weight is 222 g/mol. The lowest BCUT2D eigenvalue weighted by Gasteiger charge is -2.12. The van der Waals surface area contributed by atoms with Crippen LogP contribution in [-0.2, 0) is 4.79 Å². The van der Waals surface area contributed by atoms with Gasteiger partial charge in [-0.15, -0.1) is 0 Å². The number of hydrogen-bond donors (Lipinski definition) is 4. The molecule has 0 aliphatic rings. The van der Waals surface area contributed by atoms with Gasteiger partial charge in [0.2, 0.25) is 0 Å². The van der Waals surface area contributed by atoms with Gasteiger partial charge < -0.3 is 21.1 Å². The molecule has 1 unspecified atom stereocenters. The van der Waals surface area contributed by atoms with E-state index in [9.17, 15) is 15.0 Å². The lowest BCUT2D eigenvalue weighted by molar-refractivity contribution is -0.138. The molecule has 0 aliphatic heterocycles. The van der Waals surface area contributed by atoms with Crippen molar-refractivity contribution in [2.24, 2.45) is 5.73 Å². The fraction of sp³-hybridized carbons (Fsp3) is 0.200. The molecule has 1 aromatic carbocycles. The van der Waals surface area contributed by atoms with Crippen LogP contribution in [0.25, 0.3) is 0 Å². The standard InChI is InChI=1S/C10H10N2O4/c11-3-5-1-6(7(4-12)10(15)16)9(14)2-8(5)13/h1-2,7,13-14H,4,12H2,(H,15,16). The molecule has 6 nitrogen and oxygen atoms in total. The maximum atomic E-state index is 10.8. The minimum Gasteiger partial charge on any atom is -0.508 e. The predicted octanol–water partition coefficient (Wildman–Crippen LogP) is 0.0964. The van der Waals surface area contributed by atoms with Crippen LogP contribution in [0.4, 0.5) is 0 Å². The van der Waals surface area contributed by atoms with E-state index in [0.29, 0.717) is 0 Å². The number of carboxylic acid groups (broad SMARTS) is 1. The number of hydrogen-bond acceptors (Lipinski definition) is 5. The first kappa shape index (κ1) is 11.8. The summed E-state index contributed by atoms with van der Waals surface area (Å²) in [6.45, 7) is -0.210. The summed E-state index contributed by atoms with van der Waals surface area (Å²) in [6, 6.07) is 3.74. The van der Waals surface area contributed by atoms with Crippen molar-refractivity contribution in [2.45, 2.75) is 5.92 Å². The number of carbonyl (C=O) groups is 1. The molecule has 5 N–H and O–H groups in total. The molecule has 0 heterocycles. The number of nitrogens with two attached hydrogens (primary N) is 1. The van der Waals surface area contributed by atoms with Crippen LogP contribution in [0, 0.1) is 11.3 Å². The first-order chi connectivity index (χ1) is 7.51. The van der Waals surface area contributed by atoms with Crippen molar-refractivity contribution in [3.05, 3.63) is 23.3 Å². The quantitative estimate of drug-likeness (QED) is 0.574. The van der Waals surface area contributed by atoms with Crippen LogP contribution >= 0.6 is 0 Å².